The van der Waals surface area contributed by atoms with Crippen molar-refractivity contribution in [2.45, 2.75) is 33.4 Å². The fraction of sp³-hybridized carbons (Fsp3) is 0.500. The molecule has 1 amide bonds. The summed E-state index contributed by atoms with van der Waals surface area (Å²) < 4.78 is 5.13. The van der Waals surface area contributed by atoms with E-state index in [0.717, 1.165) is 11.3 Å². The van der Waals surface area contributed by atoms with E-state index < -0.39 is 6.04 Å². The lowest BCUT2D eigenvalue weighted by atomic mass is 9.87. The Labute approximate surface area is 121 Å². The highest BCUT2D eigenvalue weighted by Gasteiger charge is 2.26. The van der Waals surface area contributed by atoms with E-state index in [0.29, 0.717) is 6.54 Å². The van der Waals surface area contributed by atoms with Crippen LogP contribution in [0.2, 0.25) is 0 Å². The van der Waals surface area contributed by atoms with Crippen LogP contribution < -0.4 is 15.8 Å². The highest BCUT2D eigenvalue weighted by atomic mass is 35.5. The third-order valence-corrected chi connectivity index (χ3v) is 2.82. The first-order valence-electron chi connectivity index (χ1n) is 6.01. The van der Waals surface area contributed by atoms with E-state index in [4.69, 9.17) is 10.5 Å². The minimum absolute atomic E-state index is 0. The van der Waals surface area contributed by atoms with Crippen LogP contribution in [0, 0.1) is 5.41 Å². The Morgan fingerprint density at radius 1 is 1.42 bits per heavy atom. The summed E-state index contributed by atoms with van der Waals surface area (Å²) in [7, 11) is 1.62. The van der Waals surface area contributed by atoms with Gasteiger partial charge < -0.3 is 15.8 Å². The smallest absolute Gasteiger partial charge is 0.237 e. The van der Waals surface area contributed by atoms with Gasteiger partial charge in [-0.15, -0.1) is 12.4 Å². The lowest BCUT2D eigenvalue weighted by Crippen LogP contribution is -2.48. The Hall–Kier alpha value is -1.26. The van der Waals surface area contributed by atoms with Crippen molar-refractivity contribution >= 4 is 18.3 Å². The van der Waals surface area contributed by atoms with Crippen LogP contribution in [0.25, 0.3) is 0 Å². The molecule has 0 spiro atoms. The van der Waals surface area contributed by atoms with E-state index in [1.54, 1.807) is 7.11 Å². The molecule has 1 rings (SSSR count). The van der Waals surface area contributed by atoms with Gasteiger partial charge in [-0.2, -0.15) is 0 Å². The molecule has 0 saturated heterocycles. The first kappa shape index (κ1) is 17.7. The van der Waals surface area contributed by atoms with Gasteiger partial charge in [0.2, 0.25) is 5.91 Å². The van der Waals surface area contributed by atoms with E-state index in [-0.39, 0.29) is 23.7 Å². The molecule has 0 radical (unpaired) electrons. The van der Waals surface area contributed by atoms with E-state index in [9.17, 15) is 4.79 Å². The molecule has 0 aliphatic carbocycles. The number of halogens is 1. The van der Waals surface area contributed by atoms with Gasteiger partial charge in [0.25, 0.3) is 0 Å². The Bertz CT molecular complexity index is 416. The molecule has 4 nitrogen and oxygen atoms in total. The molecule has 0 aliphatic heterocycles. The molecule has 0 bridgehead atoms. The van der Waals surface area contributed by atoms with E-state index >= 15 is 0 Å². The van der Waals surface area contributed by atoms with Gasteiger partial charge >= 0.3 is 0 Å². The predicted molar refractivity (Wildman–Crippen MR) is 79.5 cm³/mol. The average Bonchev–Trinajstić information content (AvgIpc) is 2.34. The third kappa shape index (κ3) is 5.49. The summed E-state index contributed by atoms with van der Waals surface area (Å²) in [4.78, 5) is 11.9. The van der Waals surface area contributed by atoms with Gasteiger partial charge in [-0.25, -0.2) is 0 Å². The topological polar surface area (TPSA) is 64.3 Å². The molecule has 108 valence electrons. The molecule has 0 fully saturated rings. The van der Waals surface area contributed by atoms with E-state index in [2.05, 4.69) is 5.32 Å². The van der Waals surface area contributed by atoms with E-state index in [1.165, 1.54) is 0 Å². The van der Waals surface area contributed by atoms with E-state index in [1.807, 2.05) is 45.0 Å². The molecule has 0 unspecified atom stereocenters. The molecule has 0 aliphatic rings. The molecular formula is C14H23ClN2O2. The monoisotopic (exact) mass is 286 g/mol. The fourth-order valence-electron chi connectivity index (χ4n) is 1.47. The van der Waals surface area contributed by atoms with Crippen molar-refractivity contribution in [2.75, 3.05) is 7.11 Å². The number of nitrogens with two attached hydrogens (primary N) is 1. The first-order chi connectivity index (χ1) is 8.34. The van der Waals surface area contributed by atoms with Crippen LogP contribution in [0.1, 0.15) is 26.3 Å². The lowest BCUT2D eigenvalue weighted by molar-refractivity contribution is -0.124. The minimum atomic E-state index is -0.511. The Morgan fingerprint density at radius 3 is 2.58 bits per heavy atom. The molecular weight excluding hydrogens is 264 g/mol. The number of hydrogen-bond acceptors (Lipinski definition) is 3. The molecule has 3 N–H and O–H groups in total. The molecule has 0 heterocycles. The van der Waals surface area contributed by atoms with Crippen molar-refractivity contribution in [2.24, 2.45) is 11.1 Å². The molecule has 0 aromatic heterocycles. The fourth-order valence-corrected chi connectivity index (χ4v) is 1.47. The normalized spacial score (nSPS) is 12.3. The Balaban J connectivity index is 0.00000324. The number of amides is 1. The standard InChI is InChI=1S/C14H22N2O2.ClH/c1-14(2,3)12(15)13(17)16-9-10-6-5-7-11(8-10)18-4;/h5-8,12H,9,15H2,1-4H3,(H,16,17);1H/t12-;/m1./s1. The second-order valence-corrected chi connectivity index (χ2v) is 5.41. The van der Waals surface area contributed by atoms with Crippen LogP contribution in [-0.2, 0) is 11.3 Å². The maximum absolute atomic E-state index is 11.9. The van der Waals surface area contributed by atoms with Gasteiger partial charge in [0.15, 0.2) is 0 Å². The summed E-state index contributed by atoms with van der Waals surface area (Å²) >= 11 is 0. The second kappa shape index (κ2) is 7.36. The number of benzene rings is 1. The van der Waals surface area contributed by atoms with Crippen molar-refractivity contribution < 1.29 is 9.53 Å². The number of carbonyl (C=O) groups is 1. The highest BCUT2D eigenvalue weighted by Crippen LogP contribution is 2.17. The van der Waals surface area contributed by atoms with Crippen molar-refractivity contribution in [3.05, 3.63) is 29.8 Å². The average molecular weight is 287 g/mol. The zero-order valence-corrected chi connectivity index (χ0v) is 12.7. The van der Waals surface area contributed by atoms with Crippen LogP contribution in [0.4, 0.5) is 0 Å². The number of rotatable bonds is 4. The number of nitrogens with one attached hydrogen (secondary N) is 1. The van der Waals surface area contributed by atoms with Crippen molar-refractivity contribution in [3.63, 3.8) is 0 Å². The van der Waals surface area contributed by atoms with Gasteiger partial charge in [0.05, 0.1) is 13.2 Å². The van der Waals surface area contributed by atoms with Gasteiger partial charge in [0.1, 0.15) is 5.75 Å². The largest absolute Gasteiger partial charge is 0.497 e. The zero-order chi connectivity index (χ0) is 13.8. The number of carbonyl (C=O) groups excluding carboxylic acids is 1. The van der Waals surface area contributed by atoms with Crippen LogP contribution in [-0.4, -0.2) is 19.1 Å². The summed E-state index contributed by atoms with van der Waals surface area (Å²) in [6.45, 7) is 6.30. The summed E-state index contributed by atoms with van der Waals surface area (Å²) in [6, 6.07) is 7.08. The number of ether oxygens (including phenoxy) is 1. The second-order valence-electron chi connectivity index (χ2n) is 5.41. The number of hydrogen-bond donors (Lipinski definition) is 2. The van der Waals surface area contributed by atoms with Crippen molar-refractivity contribution in [1.82, 2.24) is 5.32 Å². The van der Waals surface area contributed by atoms with Crippen LogP contribution >= 0.6 is 12.4 Å². The highest BCUT2D eigenvalue weighted by molar-refractivity contribution is 5.85. The molecule has 0 saturated carbocycles. The van der Waals surface area contributed by atoms with Gasteiger partial charge in [-0.3, -0.25) is 4.79 Å². The Kier molecular flexibility index (Phi) is 6.87. The summed E-state index contributed by atoms with van der Waals surface area (Å²) in [5, 5.41) is 2.84. The molecule has 1 aromatic rings. The molecule has 1 atom stereocenters. The molecule has 19 heavy (non-hydrogen) atoms. The quantitative estimate of drug-likeness (QED) is 0.891. The molecule has 1 aromatic carbocycles. The SMILES string of the molecule is COc1cccc(CNC(=O)[C@@H](N)C(C)(C)C)c1.Cl. The molecule has 5 heteroatoms. The predicted octanol–water partition coefficient (Wildman–Crippen LogP) is 2.11. The van der Waals surface area contributed by atoms with Crippen molar-refractivity contribution in [1.29, 1.82) is 0 Å². The Morgan fingerprint density at radius 2 is 2.05 bits per heavy atom. The summed E-state index contributed by atoms with van der Waals surface area (Å²) in [6.07, 6.45) is 0. The summed E-state index contributed by atoms with van der Waals surface area (Å²) in [5.41, 5.74) is 6.63. The first-order valence-corrected chi connectivity index (χ1v) is 6.01. The zero-order valence-electron chi connectivity index (χ0n) is 11.9. The van der Waals surface area contributed by atoms with Crippen LogP contribution in [0.5, 0.6) is 5.75 Å². The lowest BCUT2D eigenvalue weighted by Gasteiger charge is -2.25. The number of methoxy groups -OCH3 is 1. The van der Waals surface area contributed by atoms with Gasteiger partial charge in [-0.1, -0.05) is 32.9 Å². The maximum atomic E-state index is 11.9. The van der Waals surface area contributed by atoms with Crippen LogP contribution in [0.15, 0.2) is 24.3 Å². The van der Waals surface area contributed by atoms with Crippen LogP contribution in [0.3, 0.4) is 0 Å². The minimum Gasteiger partial charge on any atom is -0.497 e. The maximum Gasteiger partial charge on any atom is 0.237 e. The van der Waals surface area contributed by atoms with Gasteiger partial charge in [0, 0.05) is 6.54 Å². The summed E-state index contributed by atoms with van der Waals surface area (Å²) in [5.74, 6) is 0.646. The third-order valence-electron chi connectivity index (χ3n) is 2.82. The van der Waals surface area contributed by atoms with Gasteiger partial charge in [-0.05, 0) is 23.1 Å². The van der Waals surface area contributed by atoms with Crippen molar-refractivity contribution in [3.8, 4) is 5.75 Å².